The first-order valence-corrected chi connectivity index (χ1v) is 7.76. The molecule has 1 N–H and O–H groups in total. The smallest absolute Gasteiger partial charge is 0.270 e. The highest BCUT2D eigenvalue weighted by molar-refractivity contribution is 5.89. The van der Waals surface area contributed by atoms with Crippen LogP contribution in [-0.4, -0.2) is 17.0 Å². The number of rotatable bonds is 3. The van der Waals surface area contributed by atoms with Crippen LogP contribution in [-0.2, 0) is 5.41 Å². The Labute approximate surface area is 140 Å². The van der Waals surface area contributed by atoms with E-state index in [0.29, 0.717) is 0 Å². The van der Waals surface area contributed by atoms with Crippen molar-refractivity contribution in [2.75, 3.05) is 7.11 Å². The molecule has 0 spiro atoms. The van der Waals surface area contributed by atoms with Crippen molar-refractivity contribution in [1.82, 2.24) is 4.98 Å². The van der Waals surface area contributed by atoms with Gasteiger partial charge in [0.2, 0.25) is 0 Å². The summed E-state index contributed by atoms with van der Waals surface area (Å²) in [6.45, 7) is 6.43. The van der Waals surface area contributed by atoms with E-state index in [-0.39, 0.29) is 16.0 Å². The van der Waals surface area contributed by atoms with E-state index in [9.17, 15) is 10.1 Å². The van der Waals surface area contributed by atoms with Gasteiger partial charge in [-0.05, 0) is 23.6 Å². The first-order chi connectivity index (χ1) is 11.3. The molecular formula is C19H20N2O3. The van der Waals surface area contributed by atoms with Crippen LogP contribution in [0.3, 0.4) is 0 Å². The van der Waals surface area contributed by atoms with E-state index in [2.05, 4.69) is 31.8 Å². The molecule has 2 aromatic carbocycles. The van der Waals surface area contributed by atoms with E-state index in [1.165, 1.54) is 6.07 Å². The average Bonchev–Trinajstić information content (AvgIpc) is 2.95. The Morgan fingerprint density at radius 3 is 2.50 bits per heavy atom. The highest BCUT2D eigenvalue weighted by atomic mass is 16.6. The molecule has 0 saturated heterocycles. The SMILES string of the molecule is COc1c(-c2cc3cc([N+](=O)[O-])ccc3[nH]2)cccc1C(C)(C)C. The van der Waals surface area contributed by atoms with Gasteiger partial charge in [0.1, 0.15) is 5.75 Å². The molecule has 3 rings (SSSR count). The summed E-state index contributed by atoms with van der Waals surface area (Å²) in [5, 5.41) is 11.8. The lowest BCUT2D eigenvalue weighted by Crippen LogP contribution is -2.13. The number of methoxy groups -OCH3 is 1. The molecule has 0 aliphatic rings. The molecule has 0 radical (unpaired) electrons. The molecule has 0 atom stereocenters. The van der Waals surface area contributed by atoms with Gasteiger partial charge in [-0.1, -0.05) is 32.9 Å². The minimum atomic E-state index is -0.382. The number of nitro groups is 1. The average molecular weight is 324 g/mol. The summed E-state index contributed by atoms with van der Waals surface area (Å²) >= 11 is 0. The summed E-state index contributed by atoms with van der Waals surface area (Å²) in [7, 11) is 1.67. The maximum atomic E-state index is 11.0. The minimum absolute atomic E-state index is 0.0494. The third kappa shape index (κ3) is 2.73. The number of benzene rings is 2. The van der Waals surface area contributed by atoms with Crippen LogP contribution in [0.1, 0.15) is 26.3 Å². The maximum absolute atomic E-state index is 11.0. The van der Waals surface area contributed by atoms with Crippen LogP contribution in [0.15, 0.2) is 42.5 Å². The quantitative estimate of drug-likeness (QED) is 0.541. The number of fused-ring (bicyclic) bond motifs is 1. The van der Waals surface area contributed by atoms with Crippen molar-refractivity contribution < 1.29 is 9.66 Å². The Kier molecular flexibility index (Phi) is 3.79. The van der Waals surface area contributed by atoms with Gasteiger partial charge in [0.25, 0.3) is 5.69 Å². The van der Waals surface area contributed by atoms with Crippen molar-refractivity contribution in [1.29, 1.82) is 0 Å². The van der Waals surface area contributed by atoms with Gasteiger partial charge in [0.05, 0.1) is 17.7 Å². The third-order valence-corrected chi connectivity index (χ3v) is 4.13. The fourth-order valence-corrected chi connectivity index (χ4v) is 2.94. The minimum Gasteiger partial charge on any atom is -0.496 e. The van der Waals surface area contributed by atoms with Crippen molar-refractivity contribution >= 4 is 16.6 Å². The lowest BCUT2D eigenvalue weighted by molar-refractivity contribution is -0.384. The van der Waals surface area contributed by atoms with E-state index in [0.717, 1.165) is 33.5 Å². The molecule has 0 saturated carbocycles. The molecule has 5 heteroatoms. The number of hydrogen-bond donors (Lipinski definition) is 1. The largest absolute Gasteiger partial charge is 0.496 e. The summed E-state index contributed by atoms with van der Waals surface area (Å²) in [5.74, 6) is 0.825. The summed E-state index contributed by atoms with van der Waals surface area (Å²) in [4.78, 5) is 13.9. The number of para-hydroxylation sites is 1. The molecule has 1 heterocycles. The highest BCUT2D eigenvalue weighted by Crippen LogP contribution is 2.39. The van der Waals surface area contributed by atoms with Crippen LogP contribution in [0.25, 0.3) is 22.2 Å². The number of non-ortho nitro benzene ring substituents is 1. The summed E-state index contributed by atoms with van der Waals surface area (Å²) in [5.41, 5.74) is 3.85. The molecule has 0 bridgehead atoms. The Morgan fingerprint density at radius 2 is 1.88 bits per heavy atom. The van der Waals surface area contributed by atoms with Crippen LogP contribution >= 0.6 is 0 Å². The zero-order chi connectivity index (χ0) is 17.5. The zero-order valence-electron chi connectivity index (χ0n) is 14.2. The van der Waals surface area contributed by atoms with Gasteiger partial charge in [-0.25, -0.2) is 0 Å². The van der Waals surface area contributed by atoms with Crippen molar-refractivity contribution in [2.45, 2.75) is 26.2 Å². The molecule has 24 heavy (non-hydrogen) atoms. The second-order valence-electron chi connectivity index (χ2n) is 6.85. The zero-order valence-corrected chi connectivity index (χ0v) is 14.2. The Balaban J connectivity index is 2.19. The number of ether oxygens (including phenoxy) is 1. The van der Waals surface area contributed by atoms with Crippen LogP contribution in [0.4, 0.5) is 5.69 Å². The van der Waals surface area contributed by atoms with Gasteiger partial charge >= 0.3 is 0 Å². The number of aromatic nitrogens is 1. The predicted molar refractivity (Wildman–Crippen MR) is 95.6 cm³/mol. The molecule has 5 nitrogen and oxygen atoms in total. The van der Waals surface area contributed by atoms with Crippen molar-refractivity contribution in [2.24, 2.45) is 0 Å². The van der Waals surface area contributed by atoms with E-state index >= 15 is 0 Å². The van der Waals surface area contributed by atoms with Crippen LogP contribution in [0.2, 0.25) is 0 Å². The fourth-order valence-electron chi connectivity index (χ4n) is 2.94. The number of nitrogens with one attached hydrogen (secondary N) is 1. The Bertz CT molecular complexity index is 920. The first-order valence-electron chi connectivity index (χ1n) is 7.76. The predicted octanol–water partition coefficient (Wildman–Crippen LogP) is 5.05. The van der Waals surface area contributed by atoms with Gasteiger partial charge in [0, 0.05) is 34.2 Å². The van der Waals surface area contributed by atoms with Gasteiger partial charge in [-0.3, -0.25) is 10.1 Å². The summed E-state index contributed by atoms with van der Waals surface area (Å²) in [6.07, 6.45) is 0. The van der Waals surface area contributed by atoms with E-state index in [4.69, 9.17) is 4.74 Å². The normalized spacial score (nSPS) is 11.7. The molecule has 0 unspecified atom stereocenters. The van der Waals surface area contributed by atoms with Crippen molar-refractivity contribution in [3.05, 3.63) is 58.1 Å². The van der Waals surface area contributed by atoms with E-state index in [1.54, 1.807) is 19.2 Å². The molecule has 0 amide bonds. The standard InChI is InChI=1S/C19H20N2O3/c1-19(2,3)15-7-5-6-14(18(15)24-4)17-11-12-10-13(21(22)23)8-9-16(12)20-17/h5-11,20H,1-4H3. The molecule has 1 aromatic heterocycles. The van der Waals surface area contributed by atoms with Gasteiger partial charge < -0.3 is 9.72 Å². The Morgan fingerprint density at radius 1 is 1.12 bits per heavy atom. The number of hydrogen-bond acceptors (Lipinski definition) is 3. The number of aromatic amines is 1. The fraction of sp³-hybridized carbons (Fsp3) is 0.263. The van der Waals surface area contributed by atoms with E-state index in [1.807, 2.05) is 18.2 Å². The highest BCUT2D eigenvalue weighted by Gasteiger charge is 2.22. The van der Waals surface area contributed by atoms with Crippen LogP contribution in [0.5, 0.6) is 5.75 Å². The van der Waals surface area contributed by atoms with E-state index < -0.39 is 0 Å². The van der Waals surface area contributed by atoms with Gasteiger partial charge in [0.15, 0.2) is 0 Å². The lowest BCUT2D eigenvalue weighted by Gasteiger charge is -2.23. The maximum Gasteiger partial charge on any atom is 0.270 e. The van der Waals surface area contributed by atoms with Crippen molar-refractivity contribution in [3.63, 3.8) is 0 Å². The lowest BCUT2D eigenvalue weighted by atomic mass is 9.85. The molecule has 0 aliphatic carbocycles. The summed E-state index contributed by atoms with van der Waals surface area (Å²) < 4.78 is 5.69. The first kappa shape index (κ1) is 16.1. The second-order valence-corrected chi connectivity index (χ2v) is 6.85. The summed E-state index contributed by atoms with van der Waals surface area (Å²) in [6, 6.07) is 12.8. The molecule has 0 fully saturated rings. The van der Waals surface area contributed by atoms with Crippen molar-refractivity contribution in [3.8, 4) is 17.0 Å². The molecular weight excluding hydrogens is 304 g/mol. The monoisotopic (exact) mass is 324 g/mol. The topological polar surface area (TPSA) is 68.2 Å². The molecule has 3 aromatic rings. The molecule has 124 valence electrons. The number of H-pyrrole nitrogens is 1. The van der Waals surface area contributed by atoms with Crippen LogP contribution in [0, 0.1) is 10.1 Å². The van der Waals surface area contributed by atoms with Gasteiger partial charge in [-0.2, -0.15) is 0 Å². The third-order valence-electron chi connectivity index (χ3n) is 4.13. The van der Waals surface area contributed by atoms with Gasteiger partial charge in [-0.15, -0.1) is 0 Å². The van der Waals surface area contributed by atoms with Crippen LogP contribution < -0.4 is 4.74 Å². The molecule has 0 aliphatic heterocycles. The number of nitrogens with zero attached hydrogens (tertiary/aromatic N) is 1. The second kappa shape index (κ2) is 5.67. The number of nitro benzene ring substituents is 1. The Hall–Kier alpha value is -2.82.